The number of benzene rings is 2. The van der Waals surface area contributed by atoms with E-state index in [4.69, 9.17) is 21.1 Å². The molecule has 5 rings (SSSR count). The average Bonchev–Trinajstić information content (AvgIpc) is 3.07. The van der Waals surface area contributed by atoms with Gasteiger partial charge in [0.1, 0.15) is 11.6 Å². The van der Waals surface area contributed by atoms with Crippen LogP contribution in [0.25, 0.3) is 11.0 Å². The number of nitrogens with zero attached hydrogens (tertiary/aromatic N) is 4. The Balaban J connectivity index is 1.27. The third-order valence-corrected chi connectivity index (χ3v) is 5.64. The van der Waals surface area contributed by atoms with Crippen molar-refractivity contribution in [2.24, 2.45) is 13.0 Å². The molecule has 9 heteroatoms. The molecule has 0 spiro atoms. The number of nitrogens with one attached hydrogen (secondary N) is 1. The average molecular weight is 454 g/mol. The first kappa shape index (κ1) is 20.7. The lowest BCUT2D eigenvalue weighted by Crippen LogP contribution is -2.29. The Kier molecular flexibility index (Phi) is 5.63. The van der Waals surface area contributed by atoms with E-state index in [1.807, 2.05) is 17.7 Å². The minimum absolute atomic E-state index is 0.101. The lowest BCUT2D eigenvalue weighted by atomic mass is 9.98. The number of hydrogen-bond acceptors (Lipinski definition) is 6. The number of imidazole rings is 1. The number of rotatable bonds is 7. The van der Waals surface area contributed by atoms with E-state index in [1.54, 1.807) is 12.1 Å². The molecule has 2 aromatic carbocycles. The lowest BCUT2D eigenvalue weighted by molar-refractivity contribution is -0.0312. The van der Waals surface area contributed by atoms with Gasteiger partial charge in [0, 0.05) is 31.1 Å². The van der Waals surface area contributed by atoms with Crippen LogP contribution >= 0.6 is 11.6 Å². The van der Waals surface area contributed by atoms with Gasteiger partial charge >= 0.3 is 6.01 Å². The Morgan fingerprint density at radius 1 is 1.19 bits per heavy atom. The van der Waals surface area contributed by atoms with Crippen LogP contribution in [0.4, 0.5) is 10.3 Å². The van der Waals surface area contributed by atoms with Gasteiger partial charge in [0.2, 0.25) is 5.95 Å². The third kappa shape index (κ3) is 4.37. The van der Waals surface area contributed by atoms with Crippen molar-refractivity contribution in [3.8, 4) is 11.8 Å². The molecule has 164 valence electrons. The molecule has 1 aliphatic heterocycles. The third-order valence-electron chi connectivity index (χ3n) is 5.44. The molecule has 2 aromatic heterocycles. The molecular formula is C23H21ClFN5O2. The monoisotopic (exact) mass is 453 g/mol. The summed E-state index contributed by atoms with van der Waals surface area (Å²) >= 11 is 5.76. The summed E-state index contributed by atoms with van der Waals surface area (Å²) in [6, 6.07) is 11.0. The summed E-state index contributed by atoms with van der Waals surface area (Å²) in [5, 5.41) is 3.63. The van der Waals surface area contributed by atoms with E-state index in [0.29, 0.717) is 28.2 Å². The molecule has 0 bridgehead atoms. The Labute approximate surface area is 189 Å². The molecule has 0 atom stereocenters. The highest BCUT2D eigenvalue weighted by atomic mass is 35.5. The van der Waals surface area contributed by atoms with Gasteiger partial charge in [-0.05, 0) is 30.2 Å². The van der Waals surface area contributed by atoms with Crippen LogP contribution in [-0.2, 0) is 24.8 Å². The van der Waals surface area contributed by atoms with E-state index in [-0.39, 0.29) is 12.6 Å². The first-order valence-corrected chi connectivity index (χ1v) is 10.6. The molecule has 0 saturated carbocycles. The van der Waals surface area contributed by atoms with Crippen LogP contribution < -0.4 is 10.1 Å². The van der Waals surface area contributed by atoms with E-state index in [0.717, 1.165) is 30.7 Å². The topological polar surface area (TPSA) is 74.1 Å². The molecule has 32 heavy (non-hydrogen) atoms. The van der Waals surface area contributed by atoms with Gasteiger partial charge in [0.25, 0.3) is 0 Å². The summed E-state index contributed by atoms with van der Waals surface area (Å²) in [5.74, 6) is 1.19. The molecule has 0 amide bonds. The second kappa shape index (κ2) is 8.72. The summed E-state index contributed by atoms with van der Waals surface area (Å²) < 4.78 is 27.4. The molecule has 0 aliphatic carbocycles. The zero-order valence-electron chi connectivity index (χ0n) is 17.4. The maximum absolute atomic E-state index is 14.6. The summed E-state index contributed by atoms with van der Waals surface area (Å²) in [5.41, 5.74) is 3.70. The van der Waals surface area contributed by atoms with Crippen LogP contribution in [-0.4, -0.2) is 32.7 Å². The Bertz CT molecular complexity index is 1260. The largest absolute Gasteiger partial charge is 0.424 e. The Morgan fingerprint density at radius 2 is 2.00 bits per heavy atom. The highest BCUT2D eigenvalue weighted by Crippen LogP contribution is 2.25. The lowest BCUT2D eigenvalue weighted by Gasteiger charge is -2.25. The highest BCUT2D eigenvalue weighted by molar-refractivity contribution is 6.30. The normalized spacial score (nSPS) is 13.8. The van der Waals surface area contributed by atoms with Gasteiger partial charge < -0.3 is 19.4 Å². The smallest absolute Gasteiger partial charge is 0.321 e. The molecular weight excluding hydrogens is 433 g/mol. The first-order chi connectivity index (χ1) is 15.5. The molecule has 0 unspecified atom stereocenters. The fourth-order valence-corrected chi connectivity index (χ4v) is 3.72. The number of aryl methyl sites for hydroxylation is 1. The second-order valence-corrected chi connectivity index (χ2v) is 8.25. The van der Waals surface area contributed by atoms with Gasteiger partial charge in [-0.2, -0.15) is 0 Å². The van der Waals surface area contributed by atoms with Crippen LogP contribution in [0, 0.1) is 11.7 Å². The van der Waals surface area contributed by atoms with Crippen molar-refractivity contribution in [2.75, 3.05) is 18.5 Å². The van der Waals surface area contributed by atoms with Crippen molar-refractivity contribution in [2.45, 2.75) is 13.0 Å². The molecule has 0 radical (unpaired) electrons. The van der Waals surface area contributed by atoms with Crippen molar-refractivity contribution < 1.29 is 13.9 Å². The number of hydrogen-bond donors (Lipinski definition) is 1. The maximum atomic E-state index is 14.6. The van der Waals surface area contributed by atoms with E-state index >= 15 is 0 Å². The molecule has 1 aliphatic rings. The van der Waals surface area contributed by atoms with Crippen molar-refractivity contribution >= 4 is 28.6 Å². The van der Waals surface area contributed by atoms with Gasteiger partial charge in [-0.15, -0.1) is 0 Å². The maximum Gasteiger partial charge on any atom is 0.321 e. The van der Waals surface area contributed by atoms with Gasteiger partial charge in [0.15, 0.2) is 0 Å². The highest BCUT2D eigenvalue weighted by Gasteiger charge is 2.19. The van der Waals surface area contributed by atoms with Crippen molar-refractivity contribution in [1.82, 2.24) is 19.5 Å². The number of aromatic nitrogens is 4. The number of halogens is 2. The molecule has 7 nitrogen and oxygen atoms in total. The zero-order valence-corrected chi connectivity index (χ0v) is 18.1. The van der Waals surface area contributed by atoms with Crippen LogP contribution in [0.5, 0.6) is 11.8 Å². The van der Waals surface area contributed by atoms with Gasteiger partial charge in [-0.1, -0.05) is 23.7 Å². The molecule has 3 heterocycles. The van der Waals surface area contributed by atoms with Crippen molar-refractivity contribution in [3.63, 3.8) is 0 Å². The van der Waals surface area contributed by atoms with Gasteiger partial charge in [-0.25, -0.2) is 19.3 Å². The molecule has 1 fully saturated rings. The van der Waals surface area contributed by atoms with E-state index in [1.165, 1.54) is 24.0 Å². The Hall–Kier alpha value is -3.23. The van der Waals surface area contributed by atoms with Crippen LogP contribution in [0.3, 0.4) is 0 Å². The molecule has 1 N–H and O–H groups in total. The van der Waals surface area contributed by atoms with Crippen LogP contribution in [0.1, 0.15) is 11.1 Å². The summed E-state index contributed by atoms with van der Waals surface area (Å²) in [6.45, 7) is 1.95. The van der Waals surface area contributed by atoms with Crippen LogP contribution in [0.15, 0.2) is 48.8 Å². The predicted octanol–water partition coefficient (Wildman–Crippen LogP) is 4.75. The van der Waals surface area contributed by atoms with E-state index in [9.17, 15) is 4.39 Å². The number of anilines is 1. The van der Waals surface area contributed by atoms with E-state index < -0.39 is 5.82 Å². The SMILES string of the molecule is Cn1c(NCc2ccc(Oc3ncc(Cl)cn3)cc2F)nc2ccc(CC3COC3)cc21. The molecule has 4 aromatic rings. The quantitative estimate of drug-likeness (QED) is 0.435. The standard InChI is InChI=1S/C23H21ClFN5O2/c1-30-21-7-14(6-15-12-31-13-15)2-5-20(21)29-22(30)26-9-16-3-4-18(8-19(16)25)32-23-27-10-17(24)11-28-23/h2-5,7-8,10-11,15H,6,9,12-13H2,1H3,(H,26,29). The predicted molar refractivity (Wildman–Crippen MR) is 120 cm³/mol. The first-order valence-electron chi connectivity index (χ1n) is 10.3. The summed E-state index contributed by atoms with van der Waals surface area (Å²) in [4.78, 5) is 12.5. The fraction of sp³-hybridized carbons (Fsp3) is 0.261. The van der Waals surface area contributed by atoms with Crippen molar-refractivity contribution in [3.05, 3.63) is 70.8 Å². The number of ether oxygens (including phenoxy) is 2. The Morgan fingerprint density at radius 3 is 2.72 bits per heavy atom. The zero-order chi connectivity index (χ0) is 22.1. The van der Waals surface area contributed by atoms with Crippen molar-refractivity contribution in [1.29, 1.82) is 0 Å². The van der Waals surface area contributed by atoms with E-state index in [2.05, 4.69) is 32.4 Å². The van der Waals surface area contributed by atoms with Gasteiger partial charge in [0.05, 0.1) is 41.7 Å². The fourth-order valence-electron chi connectivity index (χ4n) is 3.62. The minimum atomic E-state index is -0.396. The number of fused-ring (bicyclic) bond motifs is 1. The molecule has 1 saturated heterocycles. The summed E-state index contributed by atoms with van der Waals surface area (Å²) in [7, 11) is 1.95. The second-order valence-electron chi connectivity index (χ2n) is 7.82. The van der Waals surface area contributed by atoms with Crippen LogP contribution in [0.2, 0.25) is 5.02 Å². The minimum Gasteiger partial charge on any atom is -0.424 e. The summed E-state index contributed by atoms with van der Waals surface area (Å²) in [6.07, 6.45) is 3.84. The van der Waals surface area contributed by atoms with Gasteiger partial charge in [-0.3, -0.25) is 0 Å².